The molecular formula is C27H28FN5O2. The molecule has 1 saturated heterocycles. The molecule has 4 aromatic rings. The van der Waals surface area contributed by atoms with E-state index >= 15 is 0 Å². The van der Waals surface area contributed by atoms with Crippen LogP contribution in [0.1, 0.15) is 28.9 Å². The molecule has 1 aliphatic rings. The van der Waals surface area contributed by atoms with E-state index in [-0.39, 0.29) is 24.1 Å². The summed E-state index contributed by atoms with van der Waals surface area (Å²) in [5.74, 6) is -0.228. The number of hydrogen-bond donors (Lipinski definition) is 0. The van der Waals surface area contributed by atoms with Crippen LogP contribution in [0.3, 0.4) is 0 Å². The second-order valence-corrected chi connectivity index (χ2v) is 9.08. The Labute approximate surface area is 203 Å². The molecule has 0 bridgehead atoms. The molecule has 3 heterocycles. The fourth-order valence-corrected chi connectivity index (χ4v) is 4.82. The van der Waals surface area contributed by atoms with E-state index in [1.807, 2.05) is 47.5 Å². The van der Waals surface area contributed by atoms with Crippen LogP contribution in [-0.2, 0) is 22.4 Å². The Hall–Kier alpha value is -3.81. The predicted octanol–water partition coefficient (Wildman–Crippen LogP) is 3.48. The van der Waals surface area contributed by atoms with E-state index in [0.717, 1.165) is 39.1 Å². The third-order valence-electron chi connectivity index (χ3n) is 6.86. The van der Waals surface area contributed by atoms with Gasteiger partial charge in [-0.2, -0.15) is 5.10 Å². The van der Waals surface area contributed by atoms with Crippen molar-refractivity contribution >= 4 is 28.4 Å². The van der Waals surface area contributed by atoms with Crippen molar-refractivity contribution in [2.75, 3.05) is 26.2 Å². The first-order chi connectivity index (χ1) is 16.9. The Morgan fingerprint density at radius 1 is 0.914 bits per heavy atom. The van der Waals surface area contributed by atoms with Crippen molar-refractivity contribution in [3.63, 3.8) is 0 Å². The van der Waals surface area contributed by atoms with E-state index in [0.29, 0.717) is 39.0 Å². The lowest BCUT2D eigenvalue weighted by Crippen LogP contribution is -2.51. The number of aromatic nitrogens is 3. The number of carbonyl (C=O) groups excluding carboxylic acids is 2. The van der Waals surface area contributed by atoms with E-state index in [1.54, 1.807) is 17.0 Å². The average Bonchev–Trinajstić information content (AvgIpc) is 3.24. The summed E-state index contributed by atoms with van der Waals surface area (Å²) in [6.07, 6.45) is 1.23. The minimum Gasteiger partial charge on any atom is -0.339 e. The van der Waals surface area contributed by atoms with Crippen LogP contribution in [0.2, 0.25) is 0 Å². The van der Waals surface area contributed by atoms with Gasteiger partial charge >= 0.3 is 0 Å². The molecule has 0 unspecified atom stereocenters. The first-order valence-corrected chi connectivity index (χ1v) is 11.9. The summed E-state index contributed by atoms with van der Waals surface area (Å²) in [5, 5.41) is 5.72. The number of rotatable bonds is 5. The van der Waals surface area contributed by atoms with Crippen LogP contribution in [0.4, 0.5) is 4.39 Å². The number of hydrogen-bond acceptors (Lipinski definition) is 4. The second kappa shape index (κ2) is 9.44. The Balaban J connectivity index is 1.19. The number of carbonyl (C=O) groups is 2. The maximum atomic E-state index is 13.1. The van der Waals surface area contributed by atoms with Crippen LogP contribution in [-0.4, -0.2) is 62.4 Å². The zero-order chi connectivity index (χ0) is 24.5. The van der Waals surface area contributed by atoms with Crippen molar-refractivity contribution in [2.45, 2.75) is 33.1 Å². The van der Waals surface area contributed by atoms with E-state index < -0.39 is 0 Å². The van der Waals surface area contributed by atoms with Gasteiger partial charge in [-0.05, 0) is 55.7 Å². The van der Waals surface area contributed by atoms with Gasteiger partial charge in [-0.15, -0.1) is 0 Å². The zero-order valence-electron chi connectivity index (χ0n) is 20.0. The quantitative estimate of drug-likeness (QED) is 0.445. The third-order valence-corrected chi connectivity index (χ3v) is 6.86. The van der Waals surface area contributed by atoms with Gasteiger partial charge in [-0.3, -0.25) is 9.59 Å². The molecule has 8 heteroatoms. The summed E-state index contributed by atoms with van der Waals surface area (Å²) in [7, 11) is 0. The van der Waals surface area contributed by atoms with E-state index in [9.17, 15) is 14.0 Å². The first kappa shape index (κ1) is 23.0. The number of aryl methyl sites for hydroxylation is 2. The number of fused-ring (bicyclic) bond motifs is 3. The topological polar surface area (TPSA) is 70.8 Å². The van der Waals surface area contributed by atoms with Crippen molar-refractivity contribution in [3.05, 3.63) is 76.9 Å². The molecule has 0 N–H and O–H groups in total. The van der Waals surface area contributed by atoms with Crippen molar-refractivity contribution in [3.8, 4) is 0 Å². The van der Waals surface area contributed by atoms with E-state index in [2.05, 4.69) is 0 Å². The smallest absolute Gasteiger partial charge is 0.227 e. The molecule has 0 radical (unpaired) electrons. The fourth-order valence-electron chi connectivity index (χ4n) is 4.82. The van der Waals surface area contributed by atoms with Gasteiger partial charge in [0.1, 0.15) is 5.82 Å². The minimum atomic E-state index is -0.313. The lowest BCUT2D eigenvalue weighted by atomic mass is 10.1. The molecule has 1 fully saturated rings. The standard InChI is InChI=1S/C27H28FN5O2/c1-18-22(19(2)33-27(29-18)23-5-3-4-6-24(23)30-33)11-12-25(34)31-13-15-32(16-14-31)26(35)17-20-7-9-21(28)10-8-20/h3-10H,11-17H2,1-2H3. The van der Waals surface area contributed by atoms with Gasteiger partial charge in [0.25, 0.3) is 0 Å². The van der Waals surface area contributed by atoms with Crippen LogP contribution in [0.25, 0.3) is 16.6 Å². The Morgan fingerprint density at radius 2 is 1.57 bits per heavy atom. The zero-order valence-corrected chi connectivity index (χ0v) is 20.0. The van der Waals surface area contributed by atoms with Crippen LogP contribution in [0.5, 0.6) is 0 Å². The van der Waals surface area contributed by atoms with Crippen molar-refractivity contribution in [1.29, 1.82) is 0 Å². The fraction of sp³-hybridized carbons (Fsp3) is 0.333. The molecule has 2 aromatic carbocycles. The summed E-state index contributed by atoms with van der Waals surface area (Å²) in [4.78, 5) is 33.9. The number of nitrogens with zero attached hydrogens (tertiary/aromatic N) is 5. The van der Waals surface area contributed by atoms with Crippen molar-refractivity contribution in [2.24, 2.45) is 0 Å². The van der Waals surface area contributed by atoms with Crippen LogP contribution < -0.4 is 0 Å². The van der Waals surface area contributed by atoms with E-state index in [1.165, 1.54) is 12.1 Å². The monoisotopic (exact) mass is 473 g/mol. The Morgan fingerprint density at radius 3 is 2.29 bits per heavy atom. The lowest BCUT2D eigenvalue weighted by Gasteiger charge is -2.35. The molecule has 1 aliphatic heterocycles. The molecule has 0 aliphatic carbocycles. The largest absolute Gasteiger partial charge is 0.339 e. The Kier molecular flexibility index (Phi) is 6.19. The number of benzene rings is 2. The minimum absolute atomic E-state index is 0.000873. The second-order valence-electron chi connectivity index (χ2n) is 9.08. The van der Waals surface area contributed by atoms with Gasteiger partial charge in [0.15, 0.2) is 5.65 Å². The molecule has 0 spiro atoms. The van der Waals surface area contributed by atoms with Gasteiger partial charge < -0.3 is 9.80 Å². The van der Waals surface area contributed by atoms with Gasteiger partial charge in [0.2, 0.25) is 11.8 Å². The first-order valence-electron chi connectivity index (χ1n) is 11.9. The van der Waals surface area contributed by atoms with Crippen molar-refractivity contribution < 1.29 is 14.0 Å². The Bertz CT molecular complexity index is 1400. The summed E-state index contributed by atoms with van der Waals surface area (Å²) in [5.41, 5.74) is 5.51. The maximum Gasteiger partial charge on any atom is 0.227 e. The highest BCUT2D eigenvalue weighted by molar-refractivity contribution is 5.92. The summed E-state index contributed by atoms with van der Waals surface area (Å²) >= 11 is 0. The highest BCUT2D eigenvalue weighted by Gasteiger charge is 2.24. The third kappa shape index (κ3) is 4.60. The number of piperazine rings is 1. The number of halogens is 1. The molecule has 35 heavy (non-hydrogen) atoms. The summed E-state index contributed by atoms with van der Waals surface area (Å²) in [6, 6.07) is 14.0. The SMILES string of the molecule is Cc1nc2c3ccccc3nn2c(C)c1CCC(=O)N1CCN(C(=O)Cc2ccc(F)cc2)CC1. The van der Waals surface area contributed by atoms with Gasteiger partial charge in [0, 0.05) is 49.4 Å². The number of amides is 2. The highest BCUT2D eigenvalue weighted by atomic mass is 19.1. The van der Waals surface area contributed by atoms with E-state index in [4.69, 9.17) is 10.1 Å². The molecule has 7 nitrogen and oxygen atoms in total. The molecule has 5 rings (SSSR count). The maximum absolute atomic E-state index is 13.1. The predicted molar refractivity (Wildman–Crippen MR) is 132 cm³/mol. The summed E-state index contributed by atoms with van der Waals surface area (Å²) < 4.78 is 15.0. The molecule has 0 atom stereocenters. The normalized spacial score (nSPS) is 14.1. The molecular weight excluding hydrogens is 445 g/mol. The van der Waals surface area contributed by atoms with Crippen LogP contribution in [0.15, 0.2) is 48.5 Å². The lowest BCUT2D eigenvalue weighted by molar-refractivity contribution is -0.139. The van der Waals surface area contributed by atoms with Gasteiger partial charge in [-0.25, -0.2) is 13.9 Å². The average molecular weight is 474 g/mol. The summed E-state index contributed by atoms with van der Waals surface area (Å²) in [6.45, 7) is 6.08. The molecule has 0 saturated carbocycles. The molecule has 2 amide bonds. The van der Waals surface area contributed by atoms with Gasteiger partial charge in [0.05, 0.1) is 11.9 Å². The molecule has 2 aromatic heterocycles. The van der Waals surface area contributed by atoms with Crippen molar-refractivity contribution in [1.82, 2.24) is 24.4 Å². The van der Waals surface area contributed by atoms with Crippen LogP contribution in [0, 0.1) is 19.7 Å². The highest BCUT2D eigenvalue weighted by Crippen LogP contribution is 2.23. The molecule has 180 valence electrons. The van der Waals surface area contributed by atoms with Crippen LogP contribution >= 0.6 is 0 Å². The van der Waals surface area contributed by atoms with Gasteiger partial charge in [-0.1, -0.05) is 24.3 Å².